The third-order valence-electron chi connectivity index (χ3n) is 6.94. The summed E-state index contributed by atoms with van der Waals surface area (Å²) in [5.74, 6) is 0.555. The molecule has 5 nitrogen and oxygen atoms in total. The zero-order chi connectivity index (χ0) is 26.1. The lowest BCUT2D eigenvalue weighted by Gasteiger charge is -2.20. The topological polar surface area (TPSA) is 65.2 Å². The maximum Gasteiger partial charge on any atom is 0.256 e. The number of anilines is 1. The van der Waals surface area contributed by atoms with E-state index in [1.165, 1.54) is 0 Å². The fourth-order valence-corrected chi connectivity index (χ4v) is 6.72. The number of aryl methyl sites for hydroxylation is 1. The van der Waals surface area contributed by atoms with Gasteiger partial charge in [-0.15, -0.1) is 11.8 Å². The Kier molecular flexibility index (Phi) is 7.70. The highest BCUT2D eigenvalue weighted by Crippen LogP contribution is 2.38. The largest absolute Gasteiger partial charge is 0.358 e. The molecule has 1 aromatic carbocycles. The van der Waals surface area contributed by atoms with Crippen LogP contribution >= 0.6 is 35.0 Å². The monoisotopic (exact) mass is 553 g/mol. The van der Waals surface area contributed by atoms with Crippen molar-refractivity contribution in [3.8, 4) is 0 Å². The molecule has 8 heteroatoms. The second-order valence-corrected chi connectivity index (χ2v) is 11.3. The third kappa shape index (κ3) is 5.20. The molecule has 0 atom stereocenters. The Morgan fingerprint density at radius 3 is 2.86 bits per heavy atom. The van der Waals surface area contributed by atoms with Crippen LogP contribution in [0.5, 0.6) is 0 Å². The van der Waals surface area contributed by atoms with Gasteiger partial charge in [0.15, 0.2) is 0 Å². The number of aromatic amines is 1. The molecule has 0 spiro atoms. The van der Waals surface area contributed by atoms with Gasteiger partial charge in [-0.3, -0.25) is 9.59 Å². The molecule has 3 heterocycles. The number of aromatic nitrogens is 1. The highest BCUT2D eigenvalue weighted by molar-refractivity contribution is 7.99. The second-order valence-electron chi connectivity index (χ2n) is 9.44. The van der Waals surface area contributed by atoms with Crippen LogP contribution in [0.15, 0.2) is 57.0 Å². The molecule has 2 aromatic rings. The summed E-state index contributed by atoms with van der Waals surface area (Å²) >= 11 is 14.5. The van der Waals surface area contributed by atoms with Crippen molar-refractivity contribution in [1.82, 2.24) is 9.88 Å². The number of allylic oxidation sites excluding steroid dienone is 5. The molecule has 1 aliphatic carbocycles. The molecule has 1 aromatic heterocycles. The van der Waals surface area contributed by atoms with Crippen molar-refractivity contribution < 1.29 is 9.59 Å². The van der Waals surface area contributed by atoms with Gasteiger partial charge in [0, 0.05) is 56.4 Å². The molecule has 2 amide bonds. The summed E-state index contributed by atoms with van der Waals surface area (Å²) in [5.41, 5.74) is 6.54. The average molecular weight is 555 g/mol. The number of carbonyl (C=O) groups excluding carboxylic acids is 2. The van der Waals surface area contributed by atoms with Gasteiger partial charge in [-0.05, 0) is 74.1 Å². The van der Waals surface area contributed by atoms with E-state index in [1.54, 1.807) is 11.8 Å². The van der Waals surface area contributed by atoms with Crippen molar-refractivity contribution >= 4 is 64.1 Å². The number of fused-ring (bicyclic) bond motifs is 2. The van der Waals surface area contributed by atoms with Gasteiger partial charge in [-0.25, -0.2) is 0 Å². The molecular weight excluding hydrogens is 525 g/mol. The first-order valence-electron chi connectivity index (χ1n) is 12.6. The SMILES string of the molecule is CCCN1CCCc2[nH]c(/C=C3\C(=O)Nc4ccc(SCC5=C(Cl)C=CCC=C5Cl)cc43)c(C)c2C1=O. The van der Waals surface area contributed by atoms with E-state index in [2.05, 4.69) is 17.2 Å². The number of amides is 2. The Morgan fingerprint density at radius 1 is 1.22 bits per heavy atom. The molecule has 5 rings (SSSR count). The Bertz CT molecular complexity index is 1400. The predicted molar refractivity (Wildman–Crippen MR) is 154 cm³/mol. The van der Waals surface area contributed by atoms with Crippen molar-refractivity contribution in [2.75, 3.05) is 24.2 Å². The van der Waals surface area contributed by atoms with Gasteiger partial charge < -0.3 is 15.2 Å². The van der Waals surface area contributed by atoms with Crippen molar-refractivity contribution in [2.45, 2.75) is 44.4 Å². The number of carbonyl (C=O) groups is 2. The third-order valence-corrected chi connectivity index (χ3v) is 8.69. The quantitative estimate of drug-likeness (QED) is 0.291. The molecule has 0 bridgehead atoms. The number of nitrogens with one attached hydrogen (secondary N) is 2. The van der Waals surface area contributed by atoms with E-state index in [4.69, 9.17) is 23.2 Å². The Morgan fingerprint density at radius 2 is 2.05 bits per heavy atom. The molecule has 192 valence electrons. The average Bonchev–Trinajstić information content (AvgIpc) is 3.22. The fraction of sp³-hybridized carbons (Fsp3) is 0.310. The summed E-state index contributed by atoms with van der Waals surface area (Å²) in [6, 6.07) is 5.95. The van der Waals surface area contributed by atoms with Gasteiger partial charge in [0.05, 0.1) is 11.1 Å². The van der Waals surface area contributed by atoms with Gasteiger partial charge in [0.25, 0.3) is 11.8 Å². The minimum Gasteiger partial charge on any atom is -0.358 e. The van der Waals surface area contributed by atoms with Crippen LogP contribution in [-0.2, 0) is 11.2 Å². The van der Waals surface area contributed by atoms with E-state index >= 15 is 0 Å². The lowest BCUT2D eigenvalue weighted by molar-refractivity contribution is -0.110. The molecule has 0 fully saturated rings. The van der Waals surface area contributed by atoms with Crippen molar-refractivity contribution in [1.29, 1.82) is 0 Å². The maximum atomic E-state index is 13.2. The van der Waals surface area contributed by atoms with Crippen molar-refractivity contribution in [2.24, 2.45) is 0 Å². The normalized spacial score (nSPS) is 18.5. The Balaban J connectivity index is 1.44. The number of nitrogens with zero attached hydrogens (tertiary/aromatic N) is 1. The number of H-pyrrole nitrogens is 1. The van der Waals surface area contributed by atoms with Gasteiger partial charge in [-0.2, -0.15) is 0 Å². The van der Waals surface area contributed by atoms with Gasteiger partial charge >= 0.3 is 0 Å². The molecule has 3 aliphatic rings. The lowest BCUT2D eigenvalue weighted by atomic mass is 10.0. The number of rotatable bonds is 6. The van der Waals surface area contributed by atoms with E-state index in [1.807, 2.05) is 54.3 Å². The van der Waals surface area contributed by atoms with Crippen LogP contribution in [0, 0.1) is 6.92 Å². The number of hydrogen-bond donors (Lipinski definition) is 2. The van der Waals surface area contributed by atoms with E-state index in [0.29, 0.717) is 21.4 Å². The van der Waals surface area contributed by atoms with Gasteiger partial charge in [0.2, 0.25) is 0 Å². The lowest BCUT2D eigenvalue weighted by Crippen LogP contribution is -2.31. The van der Waals surface area contributed by atoms with Crippen molar-refractivity contribution in [3.05, 3.63) is 80.1 Å². The maximum absolute atomic E-state index is 13.2. The minimum absolute atomic E-state index is 0.0803. The summed E-state index contributed by atoms with van der Waals surface area (Å²) in [6.45, 7) is 5.59. The molecule has 2 aliphatic heterocycles. The summed E-state index contributed by atoms with van der Waals surface area (Å²) < 4.78 is 0. The Labute approximate surface area is 231 Å². The van der Waals surface area contributed by atoms with Crippen molar-refractivity contribution in [3.63, 3.8) is 0 Å². The van der Waals surface area contributed by atoms with Crippen LogP contribution in [-0.4, -0.2) is 40.5 Å². The smallest absolute Gasteiger partial charge is 0.256 e. The zero-order valence-corrected chi connectivity index (χ0v) is 23.2. The first-order valence-corrected chi connectivity index (χ1v) is 14.3. The highest BCUT2D eigenvalue weighted by Gasteiger charge is 2.29. The standard InChI is InChI=1S/C29H29Cl2N3O2S/c1-3-12-34-13-6-9-25-27(29(34)36)17(2)26(32-25)15-20-19-14-18(10-11-24(19)33-28(20)35)37-16-21-22(30)7-4-5-8-23(21)31/h4,7-8,10-11,14-15,32H,3,5-6,9,12-13,16H2,1-2H3,(H,33,35)/b20-15-. The number of benzene rings is 1. The first-order chi connectivity index (χ1) is 17.9. The van der Waals surface area contributed by atoms with Gasteiger partial charge in [-0.1, -0.05) is 42.3 Å². The molecule has 2 N–H and O–H groups in total. The van der Waals surface area contributed by atoms with E-state index in [0.717, 1.165) is 83.0 Å². The summed E-state index contributed by atoms with van der Waals surface area (Å²) in [5, 5.41) is 4.30. The first kappa shape index (κ1) is 26.0. The fourth-order valence-electron chi connectivity index (χ4n) is 5.01. The summed E-state index contributed by atoms with van der Waals surface area (Å²) in [4.78, 5) is 32.6. The predicted octanol–water partition coefficient (Wildman–Crippen LogP) is 7.28. The van der Waals surface area contributed by atoms with E-state index < -0.39 is 0 Å². The van der Waals surface area contributed by atoms with Gasteiger partial charge in [0.1, 0.15) is 0 Å². The number of hydrogen-bond acceptors (Lipinski definition) is 3. The molecule has 0 radical (unpaired) electrons. The molecule has 37 heavy (non-hydrogen) atoms. The molecular formula is C29H29Cl2N3O2S. The number of thioether (sulfide) groups is 1. The molecule has 0 saturated carbocycles. The molecule has 0 unspecified atom stereocenters. The Hall–Kier alpha value is -2.67. The van der Waals surface area contributed by atoms with Crippen LogP contribution < -0.4 is 5.32 Å². The van der Waals surface area contributed by atoms with E-state index in [-0.39, 0.29) is 11.8 Å². The van der Waals surface area contributed by atoms with Crippen LogP contribution in [0.3, 0.4) is 0 Å². The summed E-state index contributed by atoms with van der Waals surface area (Å²) in [6.07, 6.45) is 11.2. The van der Waals surface area contributed by atoms with Crippen LogP contribution in [0.1, 0.15) is 59.1 Å². The van der Waals surface area contributed by atoms with E-state index in [9.17, 15) is 9.59 Å². The van der Waals surface area contributed by atoms with Crippen LogP contribution in [0.4, 0.5) is 5.69 Å². The minimum atomic E-state index is -0.147. The highest BCUT2D eigenvalue weighted by atomic mass is 35.5. The zero-order valence-electron chi connectivity index (χ0n) is 20.9. The number of halogens is 2. The second kappa shape index (κ2) is 11.0. The van der Waals surface area contributed by atoms with Crippen LogP contribution in [0.25, 0.3) is 11.6 Å². The van der Waals surface area contributed by atoms with Crippen LogP contribution in [0.2, 0.25) is 0 Å². The summed E-state index contributed by atoms with van der Waals surface area (Å²) in [7, 11) is 0. The molecule has 0 saturated heterocycles.